The van der Waals surface area contributed by atoms with Gasteiger partial charge in [-0.15, -0.1) is 0 Å². The maximum atomic E-state index is 10.4. The van der Waals surface area contributed by atoms with Crippen LogP contribution in [0.2, 0.25) is 0 Å². The molecule has 0 radical (unpaired) electrons. The summed E-state index contributed by atoms with van der Waals surface area (Å²) in [5.74, 6) is 1.10. The quantitative estimate of drug-likeness (QED) is 0.731. The summed E-state index contributed by atoms with van der Waals surface area (Å²) in [4.78, 5) is 2.36. The lowest BCUT2D eigenvalue weighted by Crippen LogP contribution is -2.25. The van der Waals surface area contributed by atoms with E-state index in [0.717, 1.165) is 42.2 Å². The van der Waals surface area contributed by atoms with E-state index in [1.54, 1.807) is 0 Å². The summed E-state index contributed by atoms with van der Waals surface area (Å²) in [6, 6.07) is 16.2. The third-order valence-electron chi connectivity index (χ3n) is 5.18. The second-order valence-electron chi connectivity index (χ2n) is 7.74. The molecule has 1 aromatic heterocycles. The lowest BCUT2D eigenvalue weighted by atomic mass is 9.97. The van der Waals surface area contributed by atoms with E-state index < -0.39 is 6.10 Å². The summed E-state index contributed by atoms with van der Waals surface area (Å²) in [7, 11) is 0. The number of para-hydroxylation sites is 1. The number of aliphatic hydroxyl groups is 1. The Bertz CT molecular complexity index is 921. The highest BCUT2D eigenvalue weighted by atomic mass is 16.5. The highest BCUT2D eigenvalue weighted by Gasteiger charge is 2.19. The zero-order chi connectivity index (χ0) is 19.5. The molecule has 0 saturated carbocycles. The van der Waals surface area contributed by atoms with Crippen LogP contribution in [0, 0.1) is 5.92 Å². The van der Waals surface area contributed by atoms with Crippen LogP contribution < -0.4 is 4.74 Å². The van der Waals surface area contributed by atoms with E-state index in [2.05, 4.69) is 22.3 Å². The fourth-order valence-corrected chi connectivity index (χ4v) is 3.59. The first-order valence-electron chi connectivity index (χ1n) is 9.85. The molecule has 28 heavy (non-hydrogen) atoms. The molecule has 0 bridgehead atoms. The van der Waals surface area contributed by atoms with E-state index in [-0.39, 0.29) is 5.92 Å². The van der Waals surface area contributed by atoms with Crippen molar-refractivity contribution in [2.24, 2.45) is 5.92 Å². The van der Waals surface area contributed by atoms with Gasteiger partial charge in [-0.3, -0.25) is 4.90 Å². The van der Waals surface area contributed by atoms with E-state index in [1.807, 2.05) is 67.2 Å². The van der Waals surface area contributed by atoms with Gasteiger partial charge in [-0.2, -0.15) is 5.10 Å². The van der Waals surface area contributed by atoms with Gasteiger partial charge in [0, 0.05) is 37.0 Å². The van der Waals surface area contributed by atoms with Crippen molar-refractivity contribution in [2.45, 2.75) is 33.0 Å². The van der Waals surface area contributed by atoms with Gasteiger partial charge < -0.3 is 9.84 Å². The molecule has 2 aromatic carbocycles. The molecule has 1 N–H and O–H groups in total. The van der Waals surface area contributed by atoms with Crippen molar-refractivity contribution in [1.82, 2.24) is 14.7 Å². The van der Waals surface area contributed by atoms with Crippen molar-refractivity contribution in [3.05, 3.63) is 77.6 Å². The second-order valence-corrected chi connectivity index (χ2v) is 7.74. The molecule has 0 aliphatic carbocycles. The maximum Gasteiger partial charge on any atom is 0.123 e. The van der Waals surface area contributed by atoms with Crippen LogP contribution in [-0.4, -0.2) is 32.9 Å². The number of rotatable bonds is 5. The molecule has 5 nitrogen and oxygen atoms in total. The van der Waals surface area contributed by atoms with Crippen LogP contribution in [0.4, 0.5) is 0 Å². The minimum Gasteiger partial charge on any atom is -0.492 e. The van der Waals surface area contributed by atoms with Crippen LogP contribution in [0.5, 0.6) is 5.75 Å². The molecule has 1 unspecified atom stereocenters. The standard InChI is InChI=1S/C23H27N3O2/c1-17(2)23(27)19-8-9-22-20(12-19)16-25(10-11-28-22)14-18-13-24-26(15-18)21-6-4-3-5-7-21/h3-9,12-13,15,17,23,27H,10-11,14,16H2,1-2H3. The zero-order valence-corrected chi connectivity index (χ0v) is 16.5. The van der Waals surface area contributed by atoms with E-state index in [0.29, 0.717) is 6.61 Å². The van der Waals surface area contributed by atoms with Gasteiger partial charge in [0.15, 0.2) is 0 Å². The van der Waals surface area contributed by atoms with E-state index in [9.17, 15) is 5.11 Å². The largest absolute Gasteiger partial charge is 0.492 e. The van der Waals surface area contributed by atoms with Gasteiger partial charge in [0.1, 0.15) is 12.4 Å². The molecule has 5 heteroatoms. The second kappa shape index (κ2) is 8.17. The molecule has 0 spiro atoms. The molecule has 4 rings (SSSR count). The molecule has 1 aliphatic rings. The van der Waals surface area contributed by atoms with Gasteiger partial charge in [0.05, 0.1) is 18.0 Å². The van der Waals surface area contributed by atoms with Gasteiger partial charge in [-0.05, 0) is 35.7 Å². The molecule has 0 amide bonds. The Morgan fingerprint density at radius 3 is 2.75 bits per heavy atom. The lowest BCUT2D eigenvalue weighted by molar-refractivity contribution is 0.126. The van der Waals surface area contributed by atoms with Crippen molar-refractivity contribution < 1.29 is 9.84 Å². The van der Waals surface area contributed by atoms with Crippen LogP contribution in [0.1, 0.15) is 36.6 Å². The van der Waals surface area contributed by atoms with Crippen molar-refractivity contribution in [3.63, 3.8) is 0 Å². The number of ether oxygens (including phenoxy) is 1. The summed E-state index contributed by atoms with van der Waals surface area (Å²) in [6.07, 6.45) is 3.56. The minimum absolute atomic E-state index is 0.185. The SMILES string of the molecule is CC(C)C(O)c1ccc2c(c1)CN(Cc1cnn(-c3ccccc3)c1)CCO2. The summed E-state index contributed by atoms with van der Waals surface area (Å²) < 4.78 is 7.85. The third-order valence-corrected chi connectivity index (χ3v) is 5.18. The van der Waals surface area contributed by atoms with Crippen molar-refractivity contribution >= 4 is 0 Å². The fourth-order valence-electron chi connectivity index (χ4n) is 3.59. The summed E-state index contributed by atoms with van der Waals surface area (Å²) in [6.45, 7) is 7.18. The maximum absolute atomic E-state index is 10.4. The van der Waals surface area contributed by atoms with Crippen LogP contribution in [-0.2, 0) is 13.1 Å². The Labute approximate surface area is 166 Å². The van der Waals surface area contributed by atoms with Gasteiger partial charge in [0.2, 0.25) is 0 Å². The monoisotopic (exact) mass is 377 g/mol. The summed E-state index contributed by atoms with van der Waals surface area (Å²) in [5.41, 5.74) is 4.32. The Morgan fingerprint density at radius 1 is 1.14 bits per heavy atom. The smallest absolute Gasteiger partial charge is 0.123 e. The molecular weight excluding hydrogens is 350 g/mol. The number of benzene rings is 2. The molecule has 1 aliphatic heterocycles. The number of nitrogens with zero attached hydrogens (tertiary/aromatic N) is 3. The highest BCUT2D eigenvalue weighted by Crippen LogP contribution is 2.29. The van der Waals surface area contributed by atoms with Crippen molar-refractivity contribution in [2.75, 3.05) is 13.2 Å². The Hall–Kier alpha value is -2.63. The van der Waals surface area contributed by atoms with Crippen molar-refractivity contribution in [3.8, 4) is 11.4 Å². The van der Waals surface area contributed by atoms with E-state index >= 15 is 0 Å². The number of hydrogen-bond donors (Lipinski definition) is 1. The topological polar surface area (TPSA) is 50.5 Å². The highest BCUT2D eigenvalue weighted by molar-refractivity contribution is 5.39. The average molecular weight is 377 g/mol. The van der Waals surface area contributed by atoms with E-state index in [4.69, 9.17) is 4.74 Å². The molecule has 0 saturated heterocycles. The van der Waals surface area contributed by atoms with Crippen LogP contribution in [0.3, 0.4) is 0 Å². The molecule has 146 valence electrons. The molecule has 1 atom stereocenters. The lowest BCUT2D eigenvalue weighted by Gasteiger charge is -2.20. The van der Waals surface area contributed by atoms with Gasteiger partial charge >= 0.3 is 0 Å². The predicted molar refractivity (Wildman–Crippen MR) is 109 cm³/mol. The zero-order valence-electron chi connectivity index (χ0n) is 16.5. The summed E-state index contributed by atoms with van der Waals surface area (Å²) >= 11 is 0. The van der Waals surface area contributed by atoms with Crippen molar-refractivity contribution in [1.29, 1.82) is 0 Å². The Morgan fingerprint density at radius 2 is 1.96 bits per heavy atom. The normalized spacial score (nSPS) is 15.7. The number of hydrogen-bond acceptors (Lipinski definition) is 4. The number of fused-ring (bicyclic) bond motifs is 1. The van der Waals surface area contributed by atoms with Gasteiger partial charge in [0.25, 0.3) is 0 Å². The van der Waals surface area contributed by atoms with Crippen LogP contribution in [0.25, 0.3) is 5.69 Å². The van der Waals surface area contributed by atoms with E-state index in [1.165, 1.54) is 5.56 Å². The Balaban J connectivity index is 1.50. The van der Waals surface area contributed by atoms with Gasteiger partial charge in [-0.1, -0.05) is 38.1 Å². The molecule has 3 aromatic rings. The third kappa shape index (κ3) is 4.11. The number of aromatic nitrogens is 2. The van der Waals surface area contributed by atoms with Crippen LogP contribution >= 0.6 is 0 Å². The van der Waals surface area contributed by atoms with Crippen LogP contribution in [0.15, 0.2) is 60.9 Å². The Kier molecular flexibility index (Phi) is 5.46. The minimum atomic E-state index is -0.453. The first kappa shape index (κ1) is 18.7. The first-order valence-corrected chi connectivity index (χ1v) is 9.85. The molecular formula is C23H27N3O2. The number of aliphatic hydroxyl groups excluding tert-OH is 1. The van der Waals surface area contributed by atoms with Gasteiger partial charge in [-0.25, -0.2) is 4.68 Å². The predicted octanol–water partition coefficient (Wildman–Crippen LogP) is 3.96. The molecule has 2 heterocycles. The summed E-state index contributed by atoms with van der Waals surface area (Å²) in [5, 5.41) is 14.9. The average Bonchev–Trinajstić information content (AvgIpc) is 3.07. The fraction of sp³-hybridized carbons (Fsp3) is 0.348. The molecule has 0 fully saturated rings. The first-order chi connectivity index (χ1) is 13.6.